The number of ether oxygens (including phenoxy) is 1. The van der Waals surface area contributed by atoms with Gasteiger partial charge < -0.3 is 10.1 Å². The van der Waals surface area contributed by atoms with E-state index in [2.05, 4.69) is 55.6 Å². The Labute approximate surface area is 115 Å². The molecule has 0 aromatic heterocycles. The molecule has 0 saturated carbocycles. The summed E-state index contributed by atoms with van der Waals surface area (Å²) in [6.45, 7) is 5.71. The Morgan fingerprint density at radius 1 is 1.05 bits per heavy atom. The average Bonchev–Trinajstić information content (AvgIpc) is 2.44. The van der Waals surface area contributed by atoms with E-state index >= 15 is 0 Å². The van der Waals surface area contributed by atoms with Crippen molar-refractivity contribution < 1.29 is 4.74 Å². The fourth-order valence-corrected chi connectivity index (χ4v) is 1.93. The zero-order chi connectivity index (χ0) is 13.5. The minimum atomic E-state index is 0.666. The summed E-state index contributed by atoms with van der Waals surface area (Å²) in [5.74, 6) is 0.933. The first-order valence-corrected chi connectivity index (χ1v) is 6.80. The molecule has 0 atom stereocenters. The molecule has 0 saturated heterocycles. The van der Waals surface area contributed by atoms with Crippen LogP contribution < -0.4 is 10.1 Å². The molecule has 19 heavy (non-hydrogen) atoms. The summed E-state index contributed by atoms with van der Waals surface area (Å²) in [5, 5.41) is 3.36. The van der Waals surface area contributed by atoms with Gasteiger partial charge >= 0.3 is 0 Å². The van der Waals surface area contributed by atoms with Crippen molar-refractivity contribution in [2.75, 3.05) is 18.5 Å². The van der Waals surface area contributed by atoms with Crippen LogP contribution in [0.1, 0.15) is 18.1 Å². The van der Waals surface area contributed by atoms with E-state index in [-0.39, 0.29) is 0 Å². The number of aryl methyl sites for hydroxylation is 2. The highest BCUT2D eigenvalue weighted by atomic mass is 16.5. The Morgan fingerprint density at radius 3 is 2.53 bits per heavy atom. The zero-order valence-corrected chi connectivity index (χ0v) is 11.6. The Hall–Kier alpha value is -1.96. The Balaban J connectivity index is 1.74. The summed E-state index contributed by atoms with van der Waals surface area (Å²) in [7, 11) is 0. The van der Waals surface area contributed by atoms with Crippen LogP contribution in [0.4, 0.5) is 5.69 Å². The van der Waals surface area contributed by atoms with Gasteiger partial charge in [-0.25, -0.2) is 0 Å². The van der Waals surface area contributed by atoms with Crippen molar-refractivity contribution in [3.8, 4) is 5.75 Å². The van der Waals surface area contributed by atoms with E-state index in [4.69, 9.17) is 4.74 Å². The molecule has 0 amide bonds. The minimum Gasteiger partial charge on any atom is -0.492 e. The summed E-state index contributed by atoms with van der Waals surface area (Å²) < 4.78 is 5.69. The Kier molecular flexibility index (Phi) is 4.85. The molecular weight excluding hydrogens is 234 g/mol. The first-order chi connectivity index (χ1) is 9.28. The van der Waals surface area contributed by atoms with E-state index in [1.54, 1.807) is 0 Å². The van der Waals surface area contributed by atoms with Crippen LogP contribution in [-0.4, -0.2) is 13.2 Å². The molecular formula is C17H21NO. The molecule has 2 rings (SSSR count). The second-order valence-electron chi connectivity index (χ2n) is 4.64. The third kappa shape index (κ3) is 4.32. The lowest BCUT2D eigenvalue weighted by molar-refractivity contribution is 0.332. The first-order valence-electron chi connectivity index (χ1n) is 6.80. The van der Waals surface area contributed by atoms with E-state index in [1.165, 1.54) is 11.1 Å². The second kappa shape index (κ2) is 6.83. The summed E-state index contributed by atoms with van der Waals surface area (Å²) >= 11 is 0. The summed E-state index contributed by atoms with van der Waals surface area (Å²) in [4.78, 5) is 0. The lowest BCUT2D eigenvalue weighted by Crippen LogP contribution is -2.11. The van der Waals surface area contributed by atoms with Crippen molar-refractivity contribution in [1.29, 1.82) is 0 Å². The Bertz CT molecular complexity index is 505. The van der Waals surface area contributed by atoms with Crippen molar-refractivity contribution in [3.05, 3.63) is 59.7 Å². The van der Waals surface area contributed by atoms with Gasteiger partial charge in [-0.2, -0.15) is 0 Å². The van der Waals surface area contributed by atoms with Gasteiger partial charge in [0.1, 0.15) is 12.4 Å². The van der Waals surface area contributed by atoms with Crippen molar-refractivity contribution in [1.82, 2.24) is 0 Å². The molecule has 0 aliphatic heterocycles. The van der Waals surface area contributed by atoms with Crippen molar-refractivity contribution in [3.63, 3.8) is 0 Å². The molecule has 100 valence electrons. The van der Waals surface area contributed by atoms with Gasteiger partial charge in [0.15, 0.2) is 0 Å². The predicted octanol–water partition coefficient (Wildman–Crippen LogP) is 4.05. The van der Waals surface area contributed by atoms with Crippen molar-refractivity contribution in [2.24, 2.45) is 0 Å². The Morgan fingerprint density at radius 2 is 1.84 bits per heavy atom. The van der Waals surface area contributed by atoms with Crippen LogP contribution in [0, 0.1) is 6.92 Å². The van der Waals surface area contributed by atoms with Crippen LogP contribution in [0.2, 0.25) is 0 Å². The molecule has 0 bridgehead atoms. The monoisotopic (exact) mass is 255 g/mol. The van der Waals surface area contributed by atoms with Gasteiger partial charge in [-0.3, -0.25) is 0 Å². The summed E-state index contributed by atoms with van der Waals surface area (Å²) in [5.41, 5.74) is 3.73. The molecule has 2 aromatic rings. The van der Waals surface area contributed by atoms with E-state index in [0.717, 1.165) is 24.4 Å². The molecule has 0 unspecified atom stereocenters. The molecule has 0 aliphatic carbocycles. The molecule has 2 nitrogen and oxygen atoms in total. The standard InChI is InChI=1S/C17H21NO/c1-3-15-7-9-16(10-8-15)18-11-12-19-17-6-4-5-14(2)13-17/h4-10,13,18H,3,11-12H2,1-2H3. The third-order valence-corrected chi connectivity index (χ3v) is 3.05. The van der Waals surface area contributed by atoms with Gasteiger partial charge in [-0.1, -0.05) is 31.2 Å². The van der Waals surface area contributed by atoms with E-state index < -0.39 is 0 Å². The highest BCUT2D eigenvalue weighted by molar-refractivity contribution is 5.44. The van der Waals surface area contributed by atoms with Crippen molar-refractivity contribution in [2.45, 2.75) is 20.3 Å². The quantitative estimate of drug-likeness (QED) is 0.786. The zero-order valence-electron chi connectivity index (χ0n) is 11.6. The maximum Gasteiger partial charge on any atom is 0.119 e. The molecule has 0 fully saturated rings. The molecule has 0 heterocycles. The highest BCUT2D eigenvalue weighted by Gasteiger charge is 1.95. The van der Waals surface area contributed by atoms with Gasteiger partial charge in [-0.05, 0) is 48.7 Å². The van der Waals surface area contributed by atoms with Crippen LogP contribution >= 0.6 is 0 Å². The fraction of sp³-hybridized carbons (Fsp3) is 0.294. The second-order valence-corrected chi connectivity index (χ2v) is 4.64. The first kappa shape index (κ1) is 13.5. The highest BCUT2D eigenvalue weighted by Crippen LogP contribution is 2.12. The number of hydrogen-bond donors (Lipinski definition) is 1. The topological polar surface area (TPSA) is 21.3 Å². The lowest BCUT2D eigenvalue weighted by atomic mass is 10.1. The maximum atomic E-state index is 5.69. The number of rotatable bonds is 6. The summed E-state index contributed by atoms with van der Waals surface area (Å²) in [6, 6.07) is 16.7. The van der Waals surface area contributed by atoms with Crippen LogP contribution in [0.3, 0.4) is 0 Å². The average molecular weight is 255 g/mol. The van der Waals surface area contributed by atoms with Crippen LogP contribution in [0.25, 0.3) is 0 Å². The number of nitrogens with one attached hydrogen (secondary N) is 1. The predicted molar refractivity (Wildman–Crippen MR) is 81.0 cm³/mol. The van der Waals surface area contributed by atoms with Crippen molar-refractivity contribution >= 4 is 5.69 Å². The summed E-state index contributed by atoms with van der Waals surface area (Å²) in [6.07, 6.45) is 1.08. The van der Waals surface area contributed by atoms with Gasteiger partial charge in [0.05, 0.1) is 0 Å². The van der Waals surface area contributed by atoms with Crippen LogP contribution in [0.15, 0.2) is 48.5 Å². The lowest BCUT2D eigenvalue weighted by Gasteiger charge is -2.09. The molecule has 1 N–H and O–H groups in total. The molecule has 0 radical (unpaired) electrons. The SMILES string of the molecule is CCc1ccc(NCCOc2cccc(C)c2)cc1. The molecule has 0 spiro atoms. The molecule has 0 aliphatic rings. The third-order valence-electron chi connectivity index (χ3n) is 3.05. The van der Waals surface area contributed by atoms with E-state index in [9.17, 15) is 0 Å². The van der Waals surface area contributed by atoms with Crippen LogP contribution in [0.5, 0.6) is 5.75 Å². The normalized spacial score (nSPS) is 10.2. The maximum absolute atomic E-state index is 5.69. The largest absolute Gasteiger partial charge is 0.492 e. The molecule has 2 heteroatoms. The van der Waals surface area contributed by atoms with Gasteiger partial charge in [0.25, 0.3) is 0 Å². The minimum absolute atomic E-state index is 0.666. The van der Waals surface area contributed by atoms with Crippen LogP contribution in [-0.2, 0) is 6.42 Å². The molecule has 2 aromatic carbocycles. The van der Waals surface area contributed by atoms with Gasteiger partial charge in [0.2, 0.25) is 0 Å². The van der Waals surface area contributed by atoms with E-state index in [1.807, 2.05) is 12.1 Å². The number of hydrogen-bond acceptors (Lipinski definition) is 2. The number of benzene rings is 2. The smallest absolute Gasteiger partial charge is 0.119 e. The number of anilines is 1. The fourth-order valence-electron chi connectivity index (χ4n) is 1.93. The van der Waals surface area contributed by atoms with E-state index in [0.29, 0.717) is 6.61 Å². The van der Waals surface area contributed by atoms with Gasteiger partial charge in [0, 0.05) is 12.2 Å². The van der Waals surface area contributed by atoms with Gasteiger partial charge in [-0.15, -0.1) is 0 Å².